The number of anilines is 2. The zero-order valence-corrected chi connectivity index (χ0v) is 10.6. The quantitative estimate of drug-likeness (QED) is 0.797. The summed E-state index contributed by atoms with van der Waals surface area (Å²) in [5.41, 5.74) is 1.41. The minimum absolute atomic E-state index is 0.138. The molecule has 94 valence electrons. The van der Waals surface area contributed by atoms with Crippen molar-refractivity contribution < 1.29 is 14.4 Å². The Hall–Kier alpha value is -1.75. The Balaban J connectivity index is 3.17. The number of nitrogens with one attached hydrogen (secondary N) is 1. The van der Waals surface area contributed by atoms with Crippen LogP contribution in [0, 0.1) is 0 Å². The molecule has 1 rings (SSSR count). The predicted octanol–water partition coefficient (Wildman–Crippen LogP) is 2.04. The first-order valence-corrected chi connectivity index (χ1v) is 5.40. The topological polar surface area (TPSA) is 50.8 Å². The molecule has 0 saturated carbocycles. The highest BCUT2D eigenvalue weighted by atomic mass is 16.7. The number of hydrogen-bond acceptors (Lipinski definition) is 4. The lowest BCUT2D eigenvalue weighted by Gasteiger charge is -2.23. The lowest BCUT2D eigenvalue weighted by Crippen LogP contribution is -2.22. The Morgan fingerprint density at radius 3 is 2.59 bits per heavy atom. The van der Waals surface area contributed by atoms with Crippen LogP contribution in [0.5, 0.6) is 5.75 Å². The summed E-state index contributed by atoms with van der Waals surface area (Å²) in [4.78, 5) is 16.3. The van der Waals surface area contributed by atoms with Crippen molar-refractivity contribution >= 4 is 17.3 Å². The van der Waals surface area contributed by atoms with Gasteiger partial charge in [-0.25, -0.2) is 0 Å². The zero-order chi connectivity index (χ0) is 12.8. The summed E-state index contributed by atoms with van der Waals surface area (Å²) in [5.74, 6) is 0.451. The summed E-state index contributed by atoms with van der Waals surface area (Å²) in [6.07, 6.45) is 0. The van der Waals surface area contributed by atoms with Gasteiger partial charge in [0.25, 0.3) is 0 Å². The molecule has 0 aliphatic rings. The molecule has 0 spiro atoms. The Morgan fingerprint density at radius 1 is 1.41 bits per heavy atom. The minimum Gasteiger partial charge on any atom is -0.492 e. The molecule has 0 aliphatic carbocycles. The van der Waals surface area contributed by atoms with Crippen LogP contribution in [0.3, 0.4) is 0 Å². The van der Waals surface area contributed by atoms with Crippen LogP contribution >= 0.6 is 0 Å². The molecule has 0 unspecified atom stereocenters. The fraction of sp³-hybridized carbons (Fsp3) is 0.417. The van der Waals surface area contributed by atoms with Gasteiger partial charge >= 0.3 is 0 Å². The number of rotatable bonds is 5. The van der Waals surface area contributed by atoms with Crippen molar-refractivity contribution in [3.05, 3.63) is 18.2 Å². The smallest absolute Gasteiger partial charge is 0.221 e. The number of para-hydroxylation sites is 1. The average Bonchev–Trinajstić information content (AvgIpc) is 2.30. The van der Waals surface area contributed by atoms with E-state index in [1.807, 2.05) is 19.1 Å². The van der Waals surface area contributed by atoms with Crippen molar-refractivity contribution in [3.8, 4) is 5.75 Å². The first-order chi connectivity index (χ1) is 8.13. The normalized spacial score (nSPS) is 9.88. The van der Waals surface area contributed by atoms with Gasteiger partial charge in [0.05, 0.1) is 19.9 Å². The van der Waals surface area contributed by atoms with Crippen LogP contribution < -0.4 is 15.1 Å². The van der Waals surface area contributed by atoms with Gasteiger partial charge in [0.2, 0.25) is 5.91 Å². The highest BCUT2D eigenvalue weighted by molar-refractivity contribution is 5.92. The van der Waals surface area contributed by atoms with Crippen molar-refractivity contribution in [3.63, 3.8) is 0 Å². The third-order valence-corrected chi connectivity index (χ3v) is 2.29. The van der Waals surface area contributed by atoms with Gasteiger partial charge in [-0.05, 0) is 19.1 Å². The van der Waals surface area contributed by atoms with Gasteiger partial charge in [-0.2, -0.15) is 0 Å². The molecule has 0 bridgehead atoms. The Labute approximate surface area is 101 Å². The van der Waals surface area contributed by atoms with Crippen LogP contribution in [0.15, 0.2) is 18.2 Å². The van der Waals surface area contributed by atoms with Crippen LogP contribution in [0.2, 0.25) is 0 Å². The standard InChI is InChI=1S/C12H18N2O3/c1-5-14(17-4)11-8-6-7-10(12(11)16-3)13-9(2)15/h6-8H,5H2,1-4H3,(H,13,15). The van der Waals surface area contributed by atoms with Crippen molar-refractivity contribution in [2.45, 2.75) is 13.8 Å². The Bertz CT molecular complexity index is 389. The predicted molar refractivity (Wildman–Crippen MR) is 67.3 cm³/mol. The maximum atomic E-state index is 11.1. The van der Waals surface area contributed by atoms with Gasteiger partial charge in [0.1, 0.15) is 5.69 Å². The first-order valence-electron chi connectivity index (χ1n) is 5.40. The summed E-state index contributed by atoms with van der Waals surface area (Å²) >= 11 is 0. The molecule has 1 N–H and O–H groups in total. The summed E-state index contributed by atoms with van der Waals surface area (Å²) in [6.45, 7) is 4.10. The van der Waals surface area contributed by atoms with Gasteiger partial charge < -0.3 is 10.1 Å². The van der Waals surface area contributed by atoms with E-state index in [-0.39, 0.29) is 5.91 Å². The van der Waals surface area contributed by atoms with E-state index in [9.17, 15) is 4.79 Å². The van der Waals surface area contributed by atoms with Crippen LogP contribution in [0.1, 0.15) is 13.8 Å². The van der Waals surface area contributed by atoms with Crippen LogP contribution in [-0.2, 0) is 9.63 Å². The molecule has 5 heteroatoms. The number of hydroxylamine groups is 1. The van der Waals surface area contributed by atoms with Crippen molar-refractivity contribution in [1.82, 2.24) is 0 Å². The Kier molecular flexibility index (Phi) is 4.78. The molecule has 0 atom stereocenters. The van der Waals surface area contributed by atoms with Gasteiger partial charge in [-0.3, -0.25) is 14.7 Å². The maximum Gasteiger partial charge on any atom is 0.221 e. The SMILES string of the molecule is CCN(OC)c1cccc(NC(C)=O)c1OC. The van der Waals surface area contributed by atoms with E-state index >= 15 is 0 Å². The van der Waals surface area contributed by atoms with Crippen molar-refractivity contribution in [2.24, 2.45) is 0 Å². The molecule has 0 aromatic heterocycles. The molecule has 1 aromatic rings. The fourth-order valence-corrected chi connectivity index (χ4v) is 1.62. The summed E-state index contributed by atoms with van der Waals surface area (Å²) in [5, 5.41) is 4.41. The summed E-state index contributed by atoms with van der Waals surface area (Å²) < 4.78 is 5.33. The molecule has 0 fully saturated rings. The monoisotopic (exact) mass is 238 g/mol. The van der Waals surface area contributed by atoms with E-state index in [0.29, 0.717) is 18.0 Å². The zero-order valence-electron chi connectivity index (χ0n) is 10.6. The highest BCUT2D eigenvalue weighted by Crippen LogP contribution is 2.35. The lowest BCUT2D eigenvalue weighted by molar-refractivity contribution is -0.114. The van der Waals surface area contributed by atoms with Gasteiger partial charge in [0, 0.05) is 13.5 Å². The number of amides is 1. The molecule has 0 heterocycles. The maximum absolute atomic E-state index is 11.1. The number of ether oxygens (including phenoxy) is 1. The molecular weight excluding hydrogens is 220 g/mol. The van der Waals surface area contributed by atoms with Crippen LogP contribution in [0.25, 0.3) is 0 Å². The second kappa shape index (κ2) is 6.10. The van der Waals surface area contributed by atoms with Crippen LogP contribution in [0.4, 0.5) is 11.4 Å². The fourth-order valence-electron chi connectivity index (χ4n) is 1.62. The molecule has 17 heavy (non-hydrogen) atoms. The average molecular weight is 238 g/mol. The number of nitrogens with zero attached hydrogens (tertiary/aromatic N) is 1. The number of methoxy groups -OCH3 is 1. The molecule has 0 aliphatic heterocycles. The van der Waals surface area contributed by atoms with E-state index in [2.05, 4.69) is 5.32 Å². The van der Waals surface area contributed by atoms with E-state index < -0.39 is 0 Å². The van der Waals surface area contributed by atoms with Gasteiger partial charge in [0.15, 0.2) is 5.75 Å². The van der Waals surface area contributed by atoms with Gasteiger partial charge in [-0.1, -0.05) is 6.07 Å². The van der Waals surface area contributed by atoms with Crippen molar-refractivity contribution in [1.29, 1.82) is 0 Å². The molecule has 1 amide bonds. The number of carbonyl (C=O) groups is 1. The van der Waals surface area contributed by atoms with Crippen molar-refractivity contribution in [2.75, 3.05) is 31.1 Å². The lowest BCUT2D eigenvalue weighted by atomic mass is 10.2. The van der Waals surface area contributed by atoms with Crippen LogP contribution in [-0.4, -0.2) is 26.7 Å². The molecule has 0 saturated heterocycles. The van der Waals surface area contributed by atoms with E-state index in [1.165, 1.54) is 6.92 Å². The highest BCUT2D eigenvalue weighted by Gasteiger charge is 2.14. The van der Waals surface area contributed by atoms with E-state index in [4.69, 9.17) is 9.57 Å². The first kappa shape index (κ1) is 13.3. The molecule has 0 radical (unpaired) electrons. The molecular formula is C12H18N2O3. The molecule has 1 aromatic carbocycles. The summed E-state index contributed by atoms with van der Waals surface area (Å²) in [7, 11) is 3.15. The number of hydrogen-bond donors (Lipinski definition) is 1. The second-order valence-corrected chi connectivity index (χ2v) is 3.42. The molecule has 5 nitrogen and oxygen atoms in total. The Morgan fingerprint density at radius 2 is 2.12 bits per heavy atom. The summed E-state index contributed by atoms with van der Waals surface area (Å²) in [6, 6.07) is 5.50. The third kappa shape index (κ3) is 3.10. The second-order valence-electron chi connectivity index (χ2n) is 3.42. The van der Waals surface area contributed by atoms with Gasteiger partial charge in [-0.15, -0.1) is 0 Å². The number of benzene rings is 1. The van der Waals surface area contributed by atoms with E-state index in [1.54, 1.807) is 25.3 Å². The van der Waals surface area contributed by atoms with E-state index in [0.717, 1.165) is 5.69 Å². The largest absolute Gasteiger partial charge is 0.492 e. The number of carbonyl (C=O) groups excluding carboxylic acids is 1. The third-order valence-electron chi connectivity index (χ3n) is 2.29. The minimum atomic E-state index is -0.138.